The summed E-state index contributed by atoms with van der Waals surface area (Å²) in [6.07, 6.45) is 3.04. The van der Waals surface area contributed by atoms with Crippen LogP contribution < -0.4 is 10.1 Å². The Morgan fingerprint density at radius 3 is 2.79 bits per heavy atom. The number of rotatable bonds is 5. The molecular weight excluding hydrogens is 364 g/mol. The van der Waals surface area contributed by atoms with Crippen LogP contribution in [0.15, 0.2) is 48.9 Å². The average Bonchev–Trinajstić information content (AvgIpc) is 3.17. The Labute approximate surface area is 159 Å². The summed E-state index contributed by atoms with van der Waals surface area (Å²) in [6.45, 7) is 2.03. The number of ether oxygens (including phenoxy) is 1. The van der Waals surface area contributed by atoms with E-state index >= 15 is 0 Å². The van der Waals surface area contributed by atoms with Gasteiger partial charge in [-0.2, -0.15) is 4.39 Å². The summed E-state index contributed by atoms with van der Waals surface area (Å²) in [5.41, 5.74) is 3.29. The molecule has 0 aliphatic carbocycles. The molecule has 0 bridgehead atoms. The number of halogens is 2. The number of benzene rings is 1. The molecule has 0 amide bonds. The summed E-state index contributed by atoms with van der Waals surface area (Å²) >= 11 is 0. The fourth-order valence-corrected chi connectivity index (χ4v) is 3.15. The molecule has 28 heavy (non-hydrogen) atoms. The van der Waals surface area contributed by atoms with Crippen molar-refractivity contribution < 1.29 is 13.5 Å². The topological polar surface area (TPSA) is 64.3 Å². The SMILES string of the molecule is COc1cccc(F)c1CNc1ccc(-c2cnc(F)cc2C)c2nncn12. The lowest BCUT2D eigenvalue weighted by Gasteiger charge is -2.14. The van der Waals surface area contributed by atoms with Crippen LogP contribution in [0.5, 0.6) is 5.75 Å². The van der Waals surface area contributed by atoms with E-state index in [1.807, 2.05) is 19.1 Å². The minimum absolute atomic E-state index is 0.222. The summed E-state index contributed by atoms with van der Waals surface area (Å²) in [7, 11) is 1.50. The van der Waals surface area contributed by atoms with E-state index in [0.717, 1.165) is 16.7 Å². The van der Waals surface area contributed by atoms with E-state index in [4.69, 9.17) is 4.74 Å². The van der Waals surface area contributed by atoms with Crippen LogP contribution in [0.3, 0.4) is 0 Å². The zero-order chi connectivity index (χ0) is 19.7. The van der Waals surface area contributed by atoms with Crippen LogP contribution in [0.1, 0.15) is 11.1 Å². The average molecular weight is 381 g/mol. The Balaban J connectivity index is 1.70. The normalized spacial score (nSPS) is 11.0. The highest BCUT2D eigenvalue weighted by atomic mass is 19.1. The van der Waals surface area contributed by atoms with Gasteiger partial charge in [0.15, 0.2) is 5.65 Å². The largest absolute Gasteiger partial charge is 0.496 e. The fraction of sp³-hybridized carbons (Fsp3) is 0.150. The van der Waals surface area contributed by atoms with Gasteiger partial charge in [0.2, 0.25) is 5.95 Å². The third kappa shape index (κ3) is 3.13. The van der Waals surface area contributed by atoms with Gasteiger partial charge in [-0.05, 0) is 42.8 Å². The maximum Gasteiger partial charge on any atom is 0.213 e. The number of nitrogens with one attached hydrogen (secondary N) is 1. The van der Waals surface area contributed by atoms with E-state index in [0.29, 0.717) is 22.8 Å². The smallest absolute Gasteiger partial charge is 0.213 e. The third-order valence-corrected chi connectivity index (χ3v) is 4.57. The van der Waals surface area contributed by atoms with Crippen LogP contribution in [0.25, 0.3) is 16.8 Å². The molecule has 6 nitrogen and oxygen atoms in total. The number of hydrogen-bond donors (Lipinski definition) is 1. The molecule has 0 aliphatic rings. The highest BCUT2D eigenvalue weighted by Gasteiger charge is 2.14. The van der Waals surface area contributed by atoms with Crippen molar-refractivity contribution in [1.82, 2.24) is 19.6 Å². The molecule has 0 atom stereocenters. The molecule has 0 spiro atoms. The van der Waals surface area contributed by atoms with Crippen LogP contribution in [-0.4, -0.2) is 26.7 Å². The molecule has 3 aromatic heterocycles. The molecule has 1 aromatic carbocycles. The molecule has 1 N–H and O–H groups in total. The number of anilines is 1. The van der Waals surface area contributed by atoms with Gasteiger partial charge in [0.1, 0.15) is 23.7 Å². The second kappa shape index (κ2) is 7.22. The predicted molar refractivity (Wildman–Crippen MR) is 101 cm³/mol. The Morgan fingerprint density at radius 2 is 2.00 bits per heavy atom. The molecule has 4 aromatic rings. The van der Waals surface area contributed by atoms with Crippen molar-refractivity contribution in [3.8, 4) is 16.9 Å². The van der Waals surface area contributed by atoms with Gasteiger partial charge in [-0.1, -0.05) is 6.07 Å². The molecule has 0 unspecified atom stereocenters. The predicted octanol–water partition coefficient (Wildman–Crippen LogP) is 4.00. The number of pyridine rings is 2. The number of aryl methyl sites for hydroxylation is 1. The molecule has 0 aliphatic heterocycles. The maximum absolute atomic E-state index is 14.2. The van der Waals surface area contributed by atoms with Gasteiger partial charge in [0, 0.05) is 29.4 Å². The van der Waals surface area contributed by atoms with Crippen molar-refractivity contribution in [2.75, 3.05) is 12.4 Å². The van der Waals surface area contributed by atoms with Crippen molar-refractivity contribution in [2.45, 2.75) is 13.5 Å². The fourth-order valence-electron chi connectivity index (χ4n) is 3.15. The van der Waals surface area contributed by atoms with Crippen LogP contribution >= 0.6 is 0 Å². The lowest BCUT2D eigenvalue weighted by molar-refractivity contribution is 0.405. The number of aromatic nitrogens is 4. The summed E-state index contributed by atoms with van der Waals surface area (Å²) in [5.74, 6) is 0.270. The van der Waals surface area contributed by atoms with Gasteiger partial charge in [-0.3, -0.25) is 4.40 Å². The van der Waals surface area contributed by atoms with Crippen LogP contribution in [0.2, 0.25) is 0 Å². The molecule has 3 heterocycles. The first-order valence-corrected chi connectivity index (χ1v) is 8.59. The van der Waals surface area contributed by atoms with E-state index in [9.17, 15) is 8.78 Å². The van der Waals surface area contributed by atoms with Gasteiger partial charge in [-0.15, -0.1) is 10.2 Å². The molecule has 142 valence electrons. The Morgan fingerprint density at radius 1 is 1.14 bits per heavy atom. The second-order valence-electron chi connectivity index (χ2n) is 6.25. The van der Waals surface area contributed by atoms with Gasteiger partial charge in [0.05, 0.1) is 7.11 Å². The summed E-state index contributed by atoms with van der Waals surface area (Å²) in [4.78, 5) is 3.74. The first-order valence-electron chi connectivity index (χ1n) is 8.59. The van der Waals surface area contributed by atoms with Gasteiger partial charge in [0.25, 0.3) is 0 Å². The maximum atomic E-state index is 14.2. The van der Waals surface area contributed by atoms with E-state index in [1.54, 1.807) is 22.9 Å². The number of nitrogens with zero attached hydrogens (tertiary/aromatic N) is 4. The first kappa shape index (κ1) is 17.8. The van der Waals surface area contributed by atoms with E-state index in [-0.39, 0.29) is 12.4 Å². The van der Waals surface area contributed by atoms with Crippen molar-refractivity contribution in [2.24, 2.45) is 0 Å². The van der Waals surface area contributed by atoms with Crippen LogP contribution in [0, 0.1) is 18.7 Å². The molecule has 0 saturated heterocycles. The highest BCUT2D eigenvalue weighted by molar-refractivity contribution is 5.80. The Kier molecular flexibility index (Phi) is 4.60. The van der Waals surface area contributed by atoms with E-state index < -0.39 is 5.95 Å². The zero-order valence-corrected chi connectivity index (χ0v) is 15.3. The van der Waals surface area contributed by atoms with Gasteiger partial charge >= 0.3 is 0 Å². The Bertz CT molecular complexity index is 1160. The quantitative estimate of drug-likeness (QED) is 0.530. The lowest BCUT2D eigenvalue weighted by Crippen LogP contribution is -2.07. The molecule has 0 saturated carbocycles. The minimum atomic E-state index is -0.532. The zero-order valence-electron chi connectivity index (χ0n) is 15.3. The molecule has 4 rings (SSSR count). The molecule has 8 heteroatoms. The minimum Gasteiger partial charge on any atom is -0.496 e. The highest BCUT2D eigenvalue weighted by Crippen LogP contribution is 2.29. The number of hydrogen-bond acceptors (Lipinski definition) is 5. The second-order valence-corrected chi connectivity index (χ2v) is 6.25. The van der Waals surface area contributed by atoms with Crippen molar-refractivity contribution in [1.29, 1.82) is 0 Å². The first-order chi connectivity index (χ1) is 13.6. The monoisotopic (exact) mass is 381 g/mol. The molecular formula is C20H17F2N5O. The third-order valence-electron chi connectivity index (χ3n) is 4.57. The Hall–Kier alpha value is -3.55. The van der Waals surface area contributed by atoms with Gasteiger partial charge in [-0.25, -0.2) is 9.37 Å². The number of methoxy groups -OCH3 is 1. The van der Waals surface area contributed by atoms with Crippen LogP contribution in [-0.2, 0) is 6.54 Å². The van der Waals surface area contributed by atoms with E-state index in [1.165, 1.54) is 25.4 Å². The van der Waals surface area contributed by atoms with Crippen molar-refractivity contribution >= 4 is 11.5 Å². The van der Waals surface area contributed by atoms with Crippen LogP contribution in [0.4, 0.5) is 14.6 Å². The van der Waals surface area contributed by atoms with Crippen molar-refractivity contribution in [3.63, 3.8) is 0 Å². The standard InChI is InChI=1S/C20H17F2N5O/c1-12-8-18(22)23-9-14(12)13-6-7-19(27-11-25-26-20(13)27)24-10-15-16(21)4-3-5-17(15)28-2/h3-9,11,24H,10H2,1-2H3. The number of fused-ring (bicyclic) bond motifs is 1. The molecule has 0 fully saturated rings. The van der Waals surface area contributed by atoms with E-state index in [2.05, 4.69) is 20.5 Å². The van der Waals surface area contributed by atoms with Gasteiger partial charge < -0.3 is 10.1 Å². The summed E-state index contributed by atoms with van der Waals surface area (Å²) in [5, 5.41) is 11.4. The lowest BCUT2D eigenvalue weighted by atomic mass is 10.0. The van der Waals surface area contributed by atoms with Crippen molar-refractivity contribution in [3.05, 3.63) is 71.8 Å². The molecule has 0 radical (unpaired) electrons. The summed E-state index contributed by atoms with van der Waals surface area (Å²) in [6, 6.07) is 9.76. The summed E-state index contributed by atoms with van der Waals surface area (Å²) < 4.78 is 34.5.